The lowest BCUT2D eigenvalue weighted by Crippen LogP contribution is -2.45. The molecule has 0 radical (unpaired) electrons. The Kier molecular flexibility index (Phi) is 5.56. The first-order chi connectivity index (χ1) is 12.5. The van der Waals surface area contributed by atoms with Crippen molar-refractivity contribution in [3.05, 3.63) is 69.2 Å². The molecule has 6 nitrogen and oxygen atoms in total. The molecule has 1 atom stereocenters. The maximum absolute atomic E-state index is 12.7. The Labute approximate surface area is 159 Å². The van der Waals surface area contributed by atoms with Crippen LogP contribution in [0.4, 0.5) is 0 Å². The van der Waals surface area contributed by atoms with Gasteiger partial charge in [-0.3, -0.25) is 14.4 Å². The molecule has 26 heavy (non-hydrogen) atoms. The van der Waals surface area contributed by atoms with E-state index in [-0.39, 0.29) is 6.61 Å². The number of hydroxylamine groups is 2. The Morgan fingerprint density at radius 1 is 1.19 bits per heavy atom. The number of halogens is 2. The lowest BCUT2D eigenvalue weighted by Gasteiger charge is -2.29. The van der Waals surface area contributed by atoms with Gasteiger partial charge >= 0.3 is 0 Å². The van der Waals surface area contributed by atoms with E-state index in [4.69, 9.17) is 28.0 Å². The van der Waals surface area contributed by atoms with Crippen LogP contribution in [0.25, 0.3) is 0 Å². The number of amides is 2. The molecular formula is C18H14Cl2N2O4. The van der Waals surface area contributed by atoms with Crippen LogP contribution in [0.2, 0.25) is 10.0 Å². The van der Waals surface area contributed by atoms with Crippen LogP contribution in [0.15, 0.2) is 47.6 Å². The van der Waals surface area contributed by atoms with Crippen LogP contribution in [0.5, 0.6) is 0 Å². The Hall–Kier alpha value is -2.41. The van der Waals surface area contributed by atoms with Crippen LogP contribution in [0.3, 0.4) is 0 Å². The molecule has 3 rings (SSSR count). The van der Waals surface area contributed by atoms with Crippen LogP contribution >= 0.6 is 23.2 Å². The first-order valence-electron chi connectivity index (χ1n) is 7.63. The van der Waals surface area contributed by atoms with E-state index >= 15 is 0 Å². The summed E-state index contributed by atoms with van der Waals surface area (Å²) in [5.41, 5.74) is 1.51. The molecule has 0 unspecified atom stereocenters. The van der Waals surface area contributed by atoms with E-state index in [1.165, 1.54) is 13.3 Å². The number of hydrogen-bond acceptors (Lipinski definition) is 5. The van der Waals surface area contributed by atoms with E-state index in [0.29, 0.717) is 26.7 Å². The second-order valence-corrected chi connectivity index (χ2v) is 6.29. The van der Waals surface area contributed by atoms with Crippen LogP contribution < -0.4 is 0 Å². The van der Waals surface area contributed by atoms with E-state index in [2.05, 4.69) is 9.99 Å². The van der Waals surface area contributed by atoms with Crippen LogP contribution in [-0.4, -0.2) is 30.2 Å². The van der Waals surface area contributed by atoms with Crippen molar-refractivity contribution < 1.29 is 19.3 Å². The van der Waals surface area contributed by atoms with Gasteiger partial charge in [0.05, 0.1) is 6.21 Å². The molecule has 0 N–H and O–H groups in total. The number of benzene rings is 2. The van der Waals surface area contributed by atoms with E-state index in [1.807, 2.05) is 0 Å². The lowest BCUT2D eigenvalue weighted by atomic mass is 9.90. The summed E-state index contributed by atoms with van der Waals surface area (Å²) in [4.78, 5) is 35.6. The summed E-state index contributed by atoms with van der Waals surface area (Å²) in [6.45, 7) is -0.0657. The molecule has 0 spiro atoms. The van der Waals surface area contributed by atoms with Gasteiger partial charge in [0, 0.05) is 15.6 Å². The molecule has 0 aromatic heterocycles. The summed E-state index contributed by atoms with van der Waals surface area (Å²) < 4.78 is 0. The van der Waals surface area contributed by atoms with Crippen molar-refractivity contribution in [1.82, 2.24) is 5.06 Å². The highest BCUT2D eigenvalue weighted by Gasteiger charge is 2.39. The summed E-state index contributed by atoms with van der Waals surface area (Å²) in [5.74, 6) is -1.89. The molecule has 0 bridgehead atoms. The number of imide groups is 1. The molecule has 1 aliphatic rings. The standard InChI is InChI=1S/C18H14Cl2N2O4/c1-25-21-9-15-13-4-2-3-5-14(13)17(23)22(18(15)24)26-10-11-6-7-12(19)8-16(11)20/h2-9,15H,10H2,1H3/b21-9-/t15-/m0/s1. The number of hydrogen-bond donors (Lipinski definition) is 0. The molecule has 2 amide bonds. The van der Waals surface area contributed by atoms with E-state index < -0.39 is 17.7 Å². The largest absolute Gasteiger partial charge is 0.399 e. The fourth-order valence-corrected chi connectivity index (χ4v) is 3.06. The molecule has 8 heteroatoms. The van der Waals surface area contributed by atoms with Gasteiger partial charge in [0.15, 0.2) is 0 Å². The molecule has 1 heterocycles. The monoisotopic (exact) mass is 392 g/mol. The first-order valence-corrected chi connectivity index (χ1v) is 8.39. The van der Waals surface area contributed by atoms with Gasteiger partial charge in [-0.1, -0.05) is 52.6 Å². The first kappa shape index (κ1) is 18.4. The third-order valence-electron chi connectivity index (χ3n) is 3.86. The highest BCUT2D eigenvalue weighted by molar-refractivity contribution is 6.35. The molecule has 0 saturated carbocycles. The van der Waals surface area contributed by atoms with Crippen molar-refractivity contribution >= 4 is 41.2 Å². The number of carbonyl (C=O) groups excluding carboxylic acids is 2. The predicted molar refractivity (Wildman–Crippen MR) is 97.1 cm³/mol. The number of carbonyl (C=O) groups is 2. The molecule has 2 aromatic rings. The topological polar surface area (TPSA) is 68.2 Å². The summed E-state index contributed by atoms with van der Waals surface area (Å²) >= 11 is 12.0. The molecule has 0 saturated heterocycles. The number of oxime groups is 1. The SMILES string of the molecule is CO/N=C\[C@@H]1C(=O)N(OCc2ccc(Cl)cc2Cl)C(=O)c2ccccc21. The van der Waals surface area contributed by atoms with Gasteiger partial charge in [-0.15, -0.1) is 5.06 Å². The molecule has 134 valence electrons. The maximum atomic E-state index is 12.7. The summed E-state index contributed by atoms with van der Waals surface area (Å²) in [5, 5.41) is 5.27. The summed E-state index contributed by atoms with van der Waals surface area (Å²) in [7, 11) is 1.37. The van der Waals surface area contributed by atoms with Crippen LogP contribution in [0, 0.1) is 0 Å². The van der Waals surface area contributed by atoms with Gasteiger partial charge in [0.25, 0.3) is 11.8 Å². The fraction of sp³-hybridized carbons (Fsp3) is 0.167. The van der Waals surface area contributed by atoms with Crippen LogP contribution in [-0.2, 0) is 21.1 Å². The molecule has 0 aliphatic carbocycles. The zero-order valence-corrected chi connectivity index (χ0v) is 15.2. The summed E-state index contributed by atoms with van der Waals surface area (Å²) in [6.07, 6.45) is 1.33. The highest BCUT2D eigenvalue weighted by atomic mass is 35.5. The van der Waals surface area contributed by atoms with Gasteiger partial charge in [-0.25, -0.2) is 0 Å². The quantitative estimate of drug-likeness (QED) is 0.440. The van der Waals surface area contributed by atoms with E-state index in [0.717, 1.165) is 5.06 Å². The Morgan fingerprint density at radius 2 is 1.96 bits per heavy atom. The highest BCUT2D eigenvalue weighted by Crippen LogP contribution is 2.29. The minimum atomic E-state index is -0.787. The summed E-state index contributed by atoms with van der Waals surface area (Å²) in [6, 6.07) is 11.7. The van der Waals surface area contributed by atoms with Gasteiger partial charge in [0.1, 0.15) is 19.6 Å². The fourth-order valence-electron chi connectivity index (χ4n) is 2.59. The Bertz CT molecular complexity index is 885. The third kappa shape index (κ3) is 3.58. The van der Waals surface area contributed by atoms with Crippen molar-refractivity contribution in [3.8, 4) is 0 Å². The van der Waals surface area contributed by atoms with E-state index in [1.54, 1.807) is 42.5 Å². The van der Waals surface area contributed by atoms with Crippen molar-refractivity contribution in [3.63, 3.8) is 0 Å². The average Bonchev–Trinajstić information content (AvgIpc) is 2.63. The van der Waals surface area contributed by atoms with Crippen molar-refractivity contribution in [2.24, 2.45) is 5.16 Å². The molecule has 0 fully saturated rings. The number of fused-ring (bicyclic) bond motifs is 1. The second-order valence-electron chi connectivity index (χ2n) is 5.45. The maximum Gasteiger partial charge on any atom is 0.285 e. The van der Waals surface area contributed by atoms with Crippen molar-refractivity contribution in [1.29, 1.82) is 0 Å². The lowest BCUT2D eigenvalue weighted by molar-refractivity contribution is -0.174. The third-order valence-corrected chi connectivity index (χ3v) is 4.44. The molecule has 2 aromatic carbocycles. The number of nitrogens with zero attached hydrogens (tertiary/aromatic N) is 2. The Morgan fingerprint density at radius 3 is 2.69 bits per heavy atom. The normalized spacial score (nSPS) is 16.9. The van der Waals surface area contributed by atoms with Crippen molar-refractivity contribution in [2.45, 2.75) is 12.5 Å². The van der Waals surface area contributed by atoms with E-state index in [9.17, 15) is 9.59 Å². The predicted octanol–water partition coefficient (Wildman–Crippen LogP) is 3.82. The van der Waals surface area contributed by atoms with Gasteiger partial charge < -0.3 is 4.84 Å². The average molecular weight is 393 g/mol. The minimum absolute atomic E-state index is 0.0657. The smallest absolute Gasteiger partial charge is 0.285 e. The van der Waals surface area contributed by atoms with Crippen molar-refractivity contribution in [2.75, 3.05) is 7.11 Å². The van der Waals surface area contributed by atoms with Gasteiger partial charge in [0.2, 0.25) is 0 Å². The molecular weight excluding hydrogens is 379 g/mol. The zero-order valence-electron chi connectivity index (χ0n) is 13.7. The molecule has 1 aliphatic heterocycles. The minimum Gasteiger partial charge on any atom is -0.399 e. The number of rotatable bonds is 5. The zero-order chi connectivity index (χ0) is 18.7. The second kappa shape index (κ2) is 7.86. The van der Waals surface area contributed by atoms with Gasteiger partial charge in [-0.2, -0.15) is 0 Å². The van der Waals surface area contributed by atoms with Crippen LogP contribution in [0.1, 0.15) is 27.4 Å². The van der Waals surface area contributed by atoms with Gasteiger partial charge in [-0.05, 0) is 29.3 Å². The Balaban J connectivity index is 1.88.